The number of aromatic nitrogens is 3. The molecule has 0 N–H and O–H groups in total. The zero-order valence-electron chi connectivity index (χ0n) is 10.6. The molecule has 0 radical (unpaired) electrons. The van der Waals surface area contributed by atoms with Gasteiger partial charge in [0, 0.05) is 23.7 Å². The lowest BCUT2D eigenvalue weighted by Gasteiger charge is -2.14. The Morgan fingerprint density at radius 1 is 1.30 bits per heavy atom. The van der Waals surface area contributed by atoms with Gasteiger partial charge in [0.2, 0.25) is 5.28 Å². The number of aryl methyl sites for hydroxylation is 2. The average molecular weight is 288 g/mol. The maximum absolute atomic E-state index is 14.0. The summed E-state index contributed by atoms with van der Waals surface area (Å²) in [6, 6.07) is 6.15. The van der Waals surface area contributed by atoms with Crippen LogP contribution in [0.5, 0.6) is 0 Å². The van der Waals surface area contributed by atoms with E-state index in [2.05, 4.69) is 20.6 Å². The lowest BCUT2D eigenvalue weighted by molar-refractivity contribution is 0.617. The largest absolute Gasteiger partial charge is 0.347 e. The van der Waals surface area contributed by atoms with Crippen LogP contribution in [-0.2, 0) is 13.0 Å². The molecule has 1 aliphatic heterocycles. The zero-order chi connectivity index (χ0) is 13.7. The molecule has 20 heavy (non-hydrogen) atoms. The fraction of sp³-hybridized carbons (Fsp3) is 0.200. The summed E-state index contributed by atoms with van der Waals surface area (Å²) in [7, 11) is 0. The molecule has 2 aromatic heterocycles. The van der Waals surface area contributed by atoms with Crippen LogP contribution < -0.4 is 0 Å². The third-order valence-electron chi connectivity index (χ3n) is 3.80. The predicted molar refractivity (Wildman–Crippen MR) is 76.3 cm³/mol. The minimum Gasteiger partial charge on any atom is -0.347 e. The van der Waals surface area contributed by atoms with Crippen LogP contribution in [0.15, 0.2) is 30.6 Å². The van der Waals surface area contributed by atoms with Crippen molar-refractivity contribution in [3.05, 3.63) is 47.3 Å². The van der Waals surface area contributed by atoms with Crippen LogP contribution in [0.3, 0.4) is 0 Å². The summed E-state index contributed by atoms with van der Waals surface area (Å²) in [6.45, 7) is 0.952. The van der Waals surface area contributed by atoms with E-state index in [1.807, 2.05) is 18.3 Å². The lowest BCUT2D eigenvalue weighted by Crippen LogP contribution is -2.05. The van der Waals surface area contributed by atoms with Gasteiger partial charge in [0.15, 0.2) is 5.82 Å². The summed E-state index contributed by atoms with van der Waals surface area (Å²) in [4.78, 5) is 7.73. The molecule has 100 valence electrons. The molecule has 0 spiro atoms. The number of benzene rings is 1. The van der Waals surface area contributed by atoms with Crippen LogP contribution in [0, 0.1) is 5.82 Å². The highest BCUT2D eigenvalue weighted by Gasteiger charge is 2.19. The van der Waals surface area contributed by atoms with Gasteiger partial charge >= 0.3 is 0 Å². The van der Waals surface area contributed by atoms with Crippen molar-refractivity contribution in [2.24, 2.45) is 0 Å². The highest BCUT2D eigenvalue weighted by molar-refractivity contribution is 6.28. The van der Waals surface area contributed by atoms with Gasteiger partial charge in [-0.25, -0.2) is 14.4 Å². The molecule has 0 unspecified atom stereocenters. The van der Waals surface area contributed by atoms with Crippen molar-refractivity contribution in [3.63, 3.8) is 0 Å². The summed E-state index contributed by atoms with van der Waals surface area (Å²) in [5, 5.41) is 1.09. The summed E-state index contributed by atoms with van der Waals surface area (Å²) in [5.41, 5.74) is 3.54. The molecule has 5 heteroatoms. The second kappa shape index (κ2) is 4.28. The van der Waals surface area contributed by atoms with E-state index in [0.717, 1.165) is 36.5 Å². The first-order chi connectivity index (χ1) is 9.74. The summed E-state index contributed by atoms with van der Waals surface area (Å²) in [5.74, 6) is -0.446. The lowest BCUT2D eigenvalue weighted by atomic mass is 10.0. The fourth-order valence-corrected chi connectivity index (χ4v) is 3.11. The third kappa shape index (κ3) is 1.64. The van der Waals surface area contributed by atoms with E-state index in [9.17, 15) is 4.39 Å². The highest BCUT2D eigenvalue weighted by atomic mass is 35.5. The molecule has 0 bridgehead atoms. The van der Waals surface area contributed by atoms with Gasteiger partial charge in [0.1, 0.15) is 5.69 Å². The van der Waals surface area contributed by atoms with E-state index >= 15 is 0 Å². The average Bonchev–Trinajstić information content (AvgIpc) is 2.83. The topological polar surface area (TPSA) is 30.7 Å². The molecule has 3 nitrogen and oxygen atoms in total. The standard InChI is InChI=1S/C15H11ClFN3/c16-15-18-7-12(17)13(19-15)11-8-20-6-2-4-9-3-1-5-10(11)14(9)20/h1,3,5,7-8H,2,4,6H2. The Kier molecular flexibility index (Phi) is 2.54. The number of hydrogen-bond donors (Lipinski definition) is 0. The van der Waals surface area contributed by atoms with E-state index in [1.54, 1.807) is 0 Å². The van der Waals surface area contributed by atoms with Gasteiger partial charge in [-0.05, 0) is 30.0 Å². The van der Waals surface area contributed by atoms with Crippen molar-refractivity contribution in [2.45, 2.75) is 19.4 Å². The maximum Gasteiger partial charge on any atom is 0.223 e. The predicted octanol–water partition coefficient (Wildman–Crippen LogP) is 3.84. The van der Waals surface area contributed by atoms with Crippen LogP contribution in [0.4, 0.5) is 4.39 Å². The molecular formula is C15H11ClFN3. The maximum atomic E-state index is 14.0. The van der Waals surface area contributed by atoms with Crippen LogP contribution in [0.1, 0.15) is 12.0 Å². The van der Waals surface area contributed by atoms with Gasteiger partial charge in [0.25, 0.3) is 0 Å². The van der Waals surface area contributed by atoms with Crippen molar-refractivity contribution in [1.82, 2.24) is 14.5 Å². The molecule has 1 aliphatic rings. The summed E-state index contributed by atoms with van der Waals surface area (Å²) in [6.07, 6.45) is 5.26. The third-order valence-corrected chi connectivity index (χ3v) is 3.98. The van der Waals surface area contributed by atoms with E-state index < -0.39 is 5.82 Å². The minimum atomic E-state index is -0.446. The molecule has 0 amide bonds. The van der Waals surface area contributed by atoms with Gasteiger partial charge in [-0.15, -0.1) is 0 Å². The molecule has 1 aromatic carbocycles. The second-order valence-corrected chi connectivity index (χ2v) is 5.33. The molecule has 0 aliphatic carbocycles. The molecular weight excluding hydrogens is 277 g/mol. The Morgan fingerprint density at radius 3 is 3.10 bits per heavy atom. The molecule has 3 aromatic rings. The van der Waals surface area contributed by atoms with Crippen LogP contribution >= 0.6 is 11.6 Å². The number of halogens is 2. The molecule has 0 atom stereocenters. The Hall–Kier alpha value is -1.94. The van der Waals surface area contributed by atoms with Crippen molar-refractivity contribution in [3.8, 4) is 11.3 Å². The Morgan fingerprint density at radius 2 is 2.20 bits per heavy atom. The normalized spacial score (nSPS) is 13.9. The first-order valence-electron chi connectivity index (χ1n) is 6.53. The fourth-order valence-electron chi connectivity index (χ4n) is 2.98. The molecule has 4 rings (SSSR count). The Balaban J connectivity index is 2.07. The molecule has 0 saturated carbocycles. The van der Waals surface area contributed by atoms with Crippen molar-refractivity contribution < 1.29 is 4.39 Å². The minimum absolute atomic E-state index is 0.0633. The van der Waals surface area contributed by atoms with Crippen molar-refractivity contribution >= 4 is 22.5 Å². The van der Waals surface area contributed by atoms with E-state index in [-0.39, 0.29) is 11.0 Å². The van der Waals surface area contributed by atoms with Gasteiger partial charge in [-0.1, -0.05) is 18.2 Å². The second-order valence-electron chi connectivity index (χ2n) is 4.99. The zero-order valence-corrected chi connectivity index (χ0v) is 11.4. The highest BCUT2D eigenvalue weighted by Crippen LogP contribution is 2.35. The Labute approximate surface area is 120 Å². The quantitative estimate of drug-likeness (QED) is 0.637. The van der Waals surface area contributed by atoms with Gasteiger partial charge in [0.05, 0.1) is 11.7 Å². The van der Waals surface area contributed by atoms with E-state index in [1.165, 1.54) is 11.1 Å². The SMILES string of the molecule is Fc1cnc(Cl)nc1-c1cn2c3c(cccc13)CCC2. The molecule has 0 saturated heterocycles. The summed E-state index contributed by atoms with van der Waals surface area (Å²) >= 11 is 5.81. The Bertz CT molecular complexity index is 825. The van der Waals surface area contributed by atoms with Crippen LogP contribution in [-0.4, -0.2) is 14.5 Å². The van der Waals surface area contributed by atoms with Gasteiger partial charge < -0.3 is 4.57 Å². The number of nitrogens with zero attached hydrogens (tertiary/aromatic N) is 3. The van der Waals surface area contributed by atoms with Gasteiger partial charge in [-0.2, -0.15) is 0 Å². The molecule has 3 heterocycles. The van der Waals surface area contributed by atoms with E-state index in [4.69, 9.17) is 11.6 Å². The first-order valence-corrected chi connectivity index (χ1v) is 6.91. The number of hydrogen-bond acceptors (Lipinski definition) is 2. The molecule has 0 fully saturated rings. The summed E-state index contributed by atoms with van der Waals surface area (Å²) < 4.78 is 16.2. The van der Waals surface area contributed by atoms with Gasteiger partial charge in [-0.3, -0.25) is 0 Å². The number of para-hydroxylation sites is 1. The van der Waals surface area contributed by atoms with Crippen LogP contribution in [0.2, 0.25) is 5.28 Å². The monoisotopic (exact) mass is 287 g/mol. The number of rotatable bonds is 1. The van der Waals surface area contributed by atoms with Crippen molar-refractivity contribution in [1.29, 1.82) is 0 Å². The first kappa shape index (κ1) is 11.9. The van der Waals surface area contributed by atoms with Crippen LogP contribution in [0.25, 0.3) is 22.2 Å². The van der Waals surface area contributed by atoms with E-state index in [0.29, 0.717) is 0 Å². The smallest absolute Gasteiger partial charge is 0.223 e. The van der Waals surface area contributed by atoms with Crippen molar-refractivity contribution in [2.75, 3.05) is 0 Å².